The lowest BCUT2D eigenvalue weighted by Gasteiger charge is -2.27. The third kappa shape index (κ3) is 2.04. The molecule has 3 nitrogen and oxygen atoms in total. The number of ketones is 1. The molecule has 1 heterocycles. The molecule has 4 heteroatoms. The van der Waals surface area contributed by atoms with E-state index in [0.717, 1.165) is 41.3 Å². The van der Waals surface area contributed by atoms with Gasteiger partial charge in [0.1, 0.15) is 10.6 Å². The predicted octanol–water partition coefficient (Wildman–Crippen LogP) is 3.32. The number of hydrogen-bond donors (Lipinski definition) is 0. The van der Waals surface area contributed by atoms with Gasteiger partial charge in [0.05, 0.1) is 10.6 Å². The van der Waals surface area contributed by atoms with Gasteiger partial charge in [0.15, 0.2) is 5.78 Å². The molecule has 0 aliphatic heterocycles. The zero-order valence-electron chi connectivity index (χ0n) is 10.7. The lowest BCUT2D eigenvalue weighted by molar-refractivity contribution is -0.0219. The van der Waals surface area contributed by atoms with E-state index >= 15 is 0 Å². The van der Waals surface area contributed by atoms with E-state index in [1.165, 1.54) is 11.3 Å². The smallest absolute Gasteiger partial charge is 0.174 e. The second kappa shape index (κ2) is 4.86. The zero-order chi connectivity index (χ0) is 12.5. The molecule has 0 unspecified atom stereocenters. The Morgan fingerprint density at radius 1 is 1.35 bits per heavy atom. The fourth-order valence-electron chi connectivity index (χ4n) is 2.39. The molecule has 0 fully saturated rings. The molecule has 0 amide bonds. The van der Waals surface area contributed by atoms with Crippen LogP contribution in [-0.4, -0.2) is 17.9 Å². The fraction of sp³-hybridized carbons (Fsp3) is 0.692. The average molecular weight is 253 g/mol. The van der Waals surface area contributed by atoms with Gasteiger partial charge in [0, 0.05) is 13.5 Å². The van der Waals surface area contributed by atoms with Gasteiger partial charge in [-0.15, -0.1) is 11.3 Å². The first-order chi connectivity index (χ1) is 8.16. The largest absolute Gasteiger partial charge is 0.371 e. The van der Waals surface area contributed by atoms with Crippen molar-refractivity contribution in [2.45, 2.75) is 51.6 Å². The van der Waals surface area contributed by atoms with E-state index in [2.05, 4.69) is 18.8 Å². The van der Waals surface area contributed by atoms with Crippen molar-refractivity contribution in [1.82, 2.24) is 4.98 Å². The summed E-state index contributed by atoms with van der Waals surface area (Å²) in [5.74, 6) is 0.257. The summed E-state index contributed by atoms with van der Waals surface area (Å²) in [6.07, 6.45) is 4.33. The van der Waals surface area contributed by atoms with E-state index in [-0.39, 0.29) is 11.4 Å². The van der Waals surface area contributed by atoms with Crippen molar-refractivity contribution in [1.29, 1.82) is 0 Å². The summed E-state index contributed by atoms with van der Waals surface area (Å²) >= 11 is 1.54. The highest BCUT2D eigenvalue weighted by atomic mass is 32.1. The van der Waals surface area contributed by atoms with Gasteiger partial charge in [-0.3, -0.25) is 4.79 Å². The van der Waals surface area contributed by atoms with Gasteiger partial charge in [-0.2, -0.15) is 0 Å². The van der Waals surface area contributed by atoms with Crippen LogP contribution in [0.1, 0.15) is 59.9 Å². The average Bonchev–Trinajstić information content (AvgIpc) is 2.78. The zero-order valence-corrected chi connectivity index (χ0v) is 11.5. The van der Waals surface area contributed by atoms with Crippen molar-refractivity contribution in [3.8, 4) is 0 Å². The molecule has 1 aromatic rings. The Labute approximate surface area is 106 Å². The quantitative estimate of drug-likeness (QED) is 0.826. The van der Waals surface area contributed by atoms with Crippen LogP contribution < -0.4 is 0 Å². The number of carbonyl (C=O) groups is 1. The molecule has 0 saturated heterocycles. The maximum atomic E-state index is 11.8. The summed E-state index contributed by atoms with van der Waals surface area (Å²) in [5.41, 5.74) is 0.687. The maximum absolute atomic E-state index is 11.8. The molecule has 0 bridgehead atoms. The number of thiazole rings is 1. The Kier molecular flexibility index (Phi) is 3.64. The molecule has 0 N–H and O–H groups in total. The van der Waals surface area contributed by atoms with Gasteiger partial charge >= 0.3 is 0 Å². The summed E-state index contributed by atoms with van der Waals surface area (Å²) in [6.45, 7) is 4.21. The highest BCUT2D eigenvalue weighted by Crippen LogP contribution is 2.38. The van der Waals surface area contributed by atoms with Crippen molar-refractivity contribution in [2.24, 2.45) is 0 Å². The summed E-state index contributed by atoms with van der Waals surface area (Å²) in [4.78, 5) is 17.3. The first-order valence-electron chi connectivity index (χ1n) is 6.25. The molecule has 0 saturated carbocycles. The monoisotopic (exact) mass is 253 g/mol. The van der Waals surface area contributed by atoms with Crippen molar-refractivity contribution in [3.05, 3.63) is 15.6 Å². The van der Waals surface area contributed by atoms with Crippen LogP contribution in [0.5, 0.6) is 0 Å². The van der Waals surface area contributed by atoms with Crippen LogP contribution in [-0.2, 0) is 16.8 Å². The minimum absolute atomic E-state index is 0.257. The van der Waals surface area contributed by atoms with Crippen LogP contribution >= 0.6 is 11.3 Å². The number of aryl methyl sites for hydroxylation is 1. The number of hydrogen-bond acceptors (Lipinski definition) is 4. The number of methoxy groups -OCH3 is 1. The van der Waals surface area contributed by atoms with E-state index in [9.17, 15) is 4.79 Å². The predicted molar refractivity (Wildman–Crippen MR) is 68.7 cm³/mol. The first kappa shape index (κ1) is 12.7. The second-order valence-electron chi connectivity index (χ2n) is 4.48. The summed E-state index contributed by atoms with van der Waals surface area (Å²) in [6, 6.07) is 0. The molecule has 2 rings (SSSR count). The van der Waals surface area contributed by atoms with E-state index in [1.807, 2.05) is 0 Å². The van der Waals surface area contributed by atoms with Crippen molar-refractivity contribution in [2.75, 3.05) is 7.11 Å². The molecule has 94 valence electrons. The van der Waals surface area contributed by atoms with E-state index in [1.54, 1.807) is 7.11 Å². The maximum Gasteiger partial charge on any atom is 0.174 e. The highest BCUT2D eigenvalue weighted by Gasteiger charge is 2.34. The van der Waals surface area contributed by atoms with E-state index in [4.69, 9.17) is 4.74 Å². The number of carbonyl (C=O) groups excluding carboxylic acids is 1. The van der Waals surface area contributed by atoms with Crippen molar-refractivity contribution >= 4 is 17.1 Å². The van der Waals surface area contributed by atoms with Gasteiger partial charge in [0.2, 0.25) is 0 Å². The van der Waals surface area contributed by atoms with E-state index < -0.39 is 0 Å². The Balaban J connectivity index is 2.43. The standard InChI is InChI=1S/C13H19NO2S/c1-4-13(5-2,16-3)12-14-9-7-6-8-10(15)11(9)17-12/h4-8H2,1-3H3. The fourth-order valence-corrected chi connectivity index (χ4v) is 3.78. The number of aromatic nitrogens is 1. The molecule has 1 aromatic heterocycles. The molecular formula is C13H19NO2S. The van der Waals surface area contributed by atoms with Crippen LogP contribution in [0.25, 0.3) is 0 Å². The van der Waals surface area contributed by atoms with Crippen molar-refractivity contribution in [3.63, 3.8) is 0 Å². The Bertz CT molecular complexity index is 413. The van der Waals surface area contributed by atoms with Crippen LogP contribution in [0, 0.1) is 0 Å². The summed E-state index contributed by atoms with van der Waals surface area (Å²) in [7, 11) is 1.73. The van der Waals surface area contributed by atoms with Crippen LogP contribution in [0.15, 0.2) is 0 Å². The number of rotatable bonds is 4. The molecule has 1 aliphatic carbocycles. The number of nitrogens with zero attached hydrogens (tertiary/aromatic N) is 1. The lowest BCUT2D eigenvalue weighted by atomic mass is 9.97. The van der Waals surface area contributed by atoms with Crippen LogP contribution in [0.2, 0.25) is 0 Å². The SMILES string of the molecule is CCC(CC)(OC)c1nc2c(s1)C(=O)CCC2. The number of Topliss-reactive ketones (excluding diaryl/α,β-unsaturated/α-hetero) is 1. The molecular weight excluding hydrogens is 234 g/mol. The number of ether oxygens (including phenoxy) is 1. The minimum Gasteiger partial charge on any atom is -0.371 e. The molecule has 0 aromatic carbocycles. The van der Waals surface area contributed by atoms with Gasteiger partial charge < -0.3 is 4.74 Å². The third-order valence-corrected chi connectivity index (χ3v) is 5.01. The third-order valence-electron chi connectivity index (χ3n) is 3.69. The van der Waals surface area contributed by atoms with Gasteiger partial charge in [-0.1, -0.05) is 13.8 Å². The first-order valence-corrected chi connectivity index (χ1v) is 7.07. The number of fused-ring (bicyclic) bond motifs is 1. The molecule has 17 heavy (non-hydrogen) atoms. The van der Waals surface area contributed by atoms with Gasteiger partial charge in [-0.05, 0) is 25.7 Å². The Morgan fingerprint density at radius 2 is 2.06 bits per heavy atom. The molecule has 1 aliphatic rings. The van der Waals surface area contributed by atoms with E-state index in [0.29, 0.717) is 6.42 Å². The van der Waals surface area contributed by atoms with Gasteiger partial charge in [0.25, 0.3) is 0 Å². The summed E-state index contributed by atoms with van der Waals surface area (Å²) in [5, 5.41) is 0.977. The van der Waals surface area contributed by atoms with Crippen molar-refractivity contribution < 1.29 is 9.53 Å². The van der Waals surface area contributed by atoms with Crippen LogP contribution in [0.3, 0.4) is 0 Å². The summed E-state index contributed by atoms with van der Waals surface area (Å²) < 4.78 is 5.67. The Hall–Kier alpha value is -0.740. The molecule has 0 spiro atoms. The topological polar surface area (TPSA) is 39.2 Å². The van der Waals surface area contributed by atoms with Gasteiger partial charge in [-0.25, -0.2) is 4.98 Å². The minimum atomic E-state index is -0.303. The van der Waals surface area contributed by atoms with Crippen LogP contribution in [0.4, 0.5) is 0 Å². The normalized spacial score (nSPS) is 16.1. The molecule has 0 atom stereocenters. The highest BCUT2D eigenvalue weighted by molar-refractivity contribution is 7.14. The lowest BCUT2D eigenvalue weighted by Crippen LogP contribution is -2.26. The molecule has 0 radical (unpaired) electrons. The Morgan fingerprint density at radius 3 is 2.59 bits per heavy atom. The second-order valence-corrected chi connectivity index (χ2v) is 5.48.